The molecule has 7 heteroatoms. The smallest absolute Gasteiger partial charge is 0.307 e. The molecule has 0 aliphatic heterocycles. The number of nitrogens with zero attached hydrogens (tertiary/aromatic N) is 1. The zero-order chi connectivity index (χ0) is 18.7. The fourth-order valence-corrected chi connectivity index (χ4v) is 2.37. The number of benzene rings is 1. The first-order valence-electron chi connectivity index (χ1n) is 8.31. The predicted molar refractivity (Wildman–Crippen MR) is 94.5 cm³/mol. The second-order valence-electron chi connectivity index (χ2n) is 5.44. The molecule has 0 fully saturated rings. The summed E-state index contributed by atoms with van der Waals surface area (Å²) in [6, 6.07) is 6.51. The normalized spacial score (nSPS) is 10.4. The molecular formula is C18H24ClNO5. The van der Waals surface area contributed by atoms with Crippen LogP contribution in [0.2, 0.25) is 5.02 Å². The summed E-state index contributed by atoms with van der Waals surface area (Å²) < 4.78 is 4.85. The number of ether oxygens (including phenoxy) is 1. The third-order valence-corrected chi connectivity index (χ3v) is 3.81. The molecule has 0 aliphatic carbocycles. The van der Waals surface area contributed by atoms with Crippen molar-refractivity contribution in [1.29, 1.82) is 0 Å². The Kier molecular flexibility index (Phi) is 9.80. The number of carbonyl (C=O) groups excluding carboxylic acids is 3. The molecule has 0 heterocycles. The highest BCUT2D eigenvalue weighted by molar-refractivity contribution is 6.30. The van der Waals surface area contributed by atoms with Gasteiger partial charge >= 0.3 is 5.97 Å². The second kappa shape index (κ2) is 11.6. The molecule has 0 bridgehead atoms. The van der Waals surface area contributed by atoms with Crippen molar-refractivity contribution in [3.63, 3.8) is 0 Å². The van der Waals surface area contributed by atoms with Gasteiger partial charge in [0.25, 0.3) is 0 Å². The lowest BCUT2D eigenvalue weighted by molar-refractivity contribution is -0.144. The van der Waals surface area contributed by atoms with Crippen LogP contribution in [0.5, 0.6) is 0 Å². The van der Waals surface area contributed by atoms with Gasteiger partial charge in [-0.2, -0.15) is 0 Å². The van der Waals surface area contributed by atoms with E-state index in [9.17, 15) is 14.4 Å². The molecule has 1 amide bonds. The topological polar surface area (TPSA) is 83.9 Å². The standard InChI is InChI=1S/C18H24ClNO5/c1-2-25-18(24)10-12-20(11-3-13-21)17(23)9-8-16(22)14-4-6-15(19)7-5-14/h4-7,21H,2-3,8-13H2,1H3. The lowest BCUT2D eigenvalue weighted by Gasteiger charge is -2.22. The van der Waals surface area contributed by atoms with E-state index in [1.54, 1.807) is 31.2 Å². The Balaban J connectivity index is 2.53. The molecule has 6 nitrogen and oxygen atoms in total. The van der Waals surface area contributed by atoms with Crippen molar-refractivity contribution < 1.29 is 24.2 Å². The molecule has 0 radical (unpaired) electrons. The van der Waals surface area contributed by atoms with Crippen LogP contribution in [0.3, 0.4) is 0 Å². The lowest BCUT2D eigenvalue weighted by Crippen LogP contribution is -2.34. The summed E-state index contributed by atoms with van der Waals surface area (Å²) in [5.41, 5.74) is 0.505. The van der Waals surface area contributed by atoms with Crippen molar-refractivity contribution in [2.45, 2.75) is 32.6 Å². The molecule has 0 saturated heterocycles. The van der Waals surface area contributed by atoms with Crippen molar-refractivity contribution in [3.05, 3.63) is 34.9 Å². The highest BCUT2D eigenvalue weighted by Crippen LogP contribution is 2.12. The Morgan fingerprint density at radius 3 is 2.36 bits per heavy atom. The molecule has 25 heavy (non-hydrogen) atoms. The molecule has 0 aromatic heterocycles. The van der Waals surface area contributed by atoms with Crippen LogP contribution in [0.15, 0.2) is 24.3 Å². The summed E-state index contributed by atoms with van der Waals surface area (Å²) in [7, 11) is 0. The molecule has 138 valence electrons. The van der Waals surface area contributed by atoms with E-state index in [0.717, 1.165) is 0 Å². The van der Waals surface area contributed by atoms with Crippen LogP contribution >= 0.6 is 11.6 Å². The number of aliphatic hydroxyl groups is 1. The van der Waals surface area contributed by atoms with Gasteiger partial charge in [-0.1, -0.05) is 11.6 Å². The second-order valence-corrected chi connectivity index (χ2v) is 5.88. The van der Waals surface area contributed by atoms with Crippen LogP contribution in [0.4, 0.5) is 0 Å². The summed E-state index contributed by atoms with van der Waals surface area (Å²) in [5.74, 6) is -0.737. The molecule has 1 N–H and O–H groups in total. The van der Waals surface area contributed by atoms with Gasteiger partial charge in [0.1, 0.15) is 0 Å². The number of Topliss-reactive ketones (excluding diaryl/α,β-unsaturated/α-hetero) is 1. The summed E-state index contributed by atoms with van der Waals surface area (Å²) in [6.45, 7) is 2.51. The van der Waals surface area contributed by atoms with Gasteiger partial charge in [0.2, 0.25) is 5.91 Å². The molecule has 0 saturated carbocycles. The largest absolute Gasteiger partial charge is 0.466 e. The van der Waals surface area contributed by atoms with E-state index in [0.29, 0.717) is 30.2 Å². The van der Waals surface area contributed by atoms with E-state index >= 15 is 0 Å². The number of ketones is 1. The molecular weight excluding hydrogens is 346 g/mol. The first kappa shape index (κ1) is 21.1. The molecule has 0 spiro atoms. The summed E-state index contributed by atoms with van der Waals surface area (Å²) >= 11 is 5.79. The Morgan fingerprint density at radius 1 is 1.08 bits per heavy atom. The van der Waals surface area contributed by atoms with Gasteiger partial charge in [-0.3, -0.25) is 14.4 Å². The number of aliphatic hydroxyl groups excluding tert-OH is 1. The predicted octanol–water partition coefficient (Wildman–Crippen LogP) is 2.47. The van der Waals surface area contributed by atoms with Crippen LogP contribution in [-0.2, 0) is 14.3 Å². The van der Waals surface area contributed by atoms with E-state index in [2.05, 4.69) is 0 Å². The Bertz CT molecular complexity index is 573. The maximum Gasteiger partial charge on any atom is 0.307 e. The van der Waals surface area contributed by atoms with Crippen molar-refractivity contribution in [3.8, 4) is 0 Å². The monoisotopic (exact) mass is 369 g/mol. The summed E-state index contributed by atoms with van der Waals surface area (Å²) in [4.78, 5) is 37.4. The average molecular weight is 370 g/mol. The van der Waals surface area contributed by atoms with Crippen LogP contribution in [0, 0.1) is 0 Å². The zero-order valence-electron chi connectivity index (χ0n) is 14.4. The first-order valence-corrected chi connectivity index (χ1v) is 8.68. The number of esters is 1. The lowest BCUT2D eigenvalue weighted by atomic mass is 10.1. The van der Waals surface area contributed by atoms with Crippen LogP contribution in [0.25, 0.3) is 0 Å². The van der Waals surface area contributed by atoms with Gasteiger partial charge in [-0.15, -0.1) is 0 Å². The Hall–Kier alpha value is -1.92. The van der Waals surface area contributed by atoms with E-state index < -0.39 is 0 Å². The third-order valence-electron chi connectivity index (χ3n) is 3.56. The number of halogens is 1. The minimum atomic E-state index is -0.374. The van der Waals surface area contributed by atoms with Gasteiger partial charge in [-0.25, -0.2) is 0 Å². The minimum Gasteiger partial charge on any atom is -0.466 e. The Morgan fingerprint density at radius 2 is 1.76 bits per heavy atom. The first-order chi connectivity index (χ1) is 12.0. The highest BCUT2D eigenvalue weighted by atomic mass is 35.5. The van der Waals surface area contributed by atoms with E-state index in [1.165, 1.54) is 4.90 Å². The Labute approximate surface area is 152 Å². The molecule has 1 rings (SSSR count). The summed E-state index contributed by atoms with van der Waals surface area (Å²) in [6.07, 6.45) is 0.640. The maximum absolute atomic E-state index is 12.3. The minimum absolute atomic E-state index is 0.0487. The highest BCUT2D eigenvalue weighted by Gasteiger charge is 2.17. The fourth-order valence-electron chi connectivity index (χ4n) is 2.24. The van der Waals surface area contributed by atoms with Crippen molar-refractivity contribution in [1.82, 2.24) is 4.90 Å². The summed E-state index contributed by atoms with van der Waals surface area (Å²) in [5, 5.41) is 9.50. The van der Waals surface area contributed by atoms with E-state index in [-0.39, 0.29) is 50.1 Å². The average Bonchev–Trinajstić information content (AvgIpc) is 2.60. The number of hydrogen-bond acceptors (Lipinski definition) is 5. The maximum atomic E-state index is 12.3. The third kappa shape index (κ3) is 8.14. The van der Waals surface area contributed by atoms with Crippen molar-refractivity contribution >= 4 is 29.3 Å². The van der Waals surface area contributed by atoms with Crippen molar-refractivity contribution in [2.75, 3.05) is 26.3 Å². The fraction of sp³-hybridized carbons (Fsp3) is 0.500. The number of rotatable bonds is 11. The number of hydrogen-bond donors (Lipinski definition) is 1. The van der Waals surface area contributed by atoms with Gasteiger partial charge in [-0.05, 0) is 37.6 Å². The molecule has 0 atom stereocenters. The van der Waals surface area contributed by atoms with Gasteiger partial charge < -0.3 is 14.7 Å². The van der Waals surface area contributed by atoms with E-state index in [1.807, 2.05) is 0 Å². The quantitative estimate of drug-likeness (QED) is 0.478. The van der Waals surface area contributed by atoms with Gasteiger partial charge in [0, 0.05) is 43.1 Å². The van der Waals surface area contributed by atoms with Gasteiger partial charge in [0.05, 0.1) is 13.0 Å². The SMILES string of the molecule is CCOC(=O)CCN(CCCO)C(=O)CCC(=O)c1ccc(Cl)cc1. The van der Waals surface area contributed by atoms with Crippen molar-refractivity contribution in [2.24, 2.45) is 0 Å². The van der Waals surface area contributed by atoms with Gasteiger partial charge in [0.15, 0.2) is 5.78 Å². The van der Waals surface area contributed by atoms with Crippen LogP contribution < -0.4 is 0 Å². The number of amides is 1. The number of carbonyl (C=O) groups is 3. The molecule has 0 aliphatic rings. The van der Waals surface area contributed by atoms with E-state index in [4.69, 9.17) is 21.4 Å². The zero-order valence-corrected chi connectivity index (χ0v) is 15.1. The van der Waals surface area contributed by atoms with Crippen LogP contribution in [0.1, 0.15) is 43.0 Å². The van der Waals surface area contributed by atoms with Crippen LogP contribution in [-0.4, -0.2) is 54.0 Å². The molecule has 1 aromatic rings. The molecule has 0 unspecified atom stereocenters. The molecule has 1 aromatic carbocycles.